The van der Waals surface area contributed by atoms with E-state index >= 15 is 0 Å². The van der Waals surface area contributed by atoms with Crippen LogP contribution in [-0.2, 0) is 14.4 Å². The van der Waals surface area contributed by atoms with Gasteiger partial charge in [-0.2, -0.15) is 12.6 Å². The molecule has 0 aliphatic carbocycles. The quantitative estimate of drug-likeness (QED) is 0.270. The maximum absolute atomic E-state index is 11.5. The molecule has 0 fully saturated rings. The highest BCUT2D eigenvalue weighted by Crippen LogP contribution is 1.91. The summed E-state index contributed by atoms with van der Waals surface area (Å²) in [5.74, 6) is -2.70. The van der Waals surface area contributed by atoms with Gasteiger partial charge in [0, 0.05) is 5.75 Å². The van der Waals surface area contributed by atoms with Gasteiger partial charge in [-0.05, 0) is 0 Å². The van der Waals surface area contributed by atoms with Gasteiger partial charge in [-0.15, -0.1) is 0 Å². The van der Waals surface area contributed by atoms with Crippen LogP contribution in [0.25, 0.3) is 0 Å². The number of nitrogens with two attached hydrogens (primary N) is 1. The van der Waals surface area contributed by atoms with Crippen LogP contribution in [0.1, 0.15) is 0 Å². The fourth-order valence-electron chi connectivity index (χ4n) is 0.905. The van der Waals surface area contributed by atoms with Crippen molar-refractivity contribution < 1.29 is 24.6 Å². The van der Waals surface area contributed by atoms with Crippen LogP contribution >= 0.6 is 12.6 Å². The smallest absolute Gasteiger partial charge is 0.328 e. The number of carboxylic acids is 1. The van der Waals surface area contributed by atoms with Crippen molar-refractivity contribution in [2.75, 3.05) is 18.9 Å². The van der Waals surface area contributed by atoms with E-state index < -0.39 is 36.5 Å². The number of carboxylic acid groups (broad SMARTS) is 1. The molecule has 0 saturated heterocycles. The first-order valence-electron chi connectivity index (χ1n) is 4.70. The first-order valence-corrected chi connectivity index (χ1v) is 5.33. The molecule has 0 aliphatic heterocycles. The fourth-order valence-corrected chi connectivity index (χ4v) is 1.16. The zero-order valence-corrected chi connectivity index (χ0v) is 9.81. The number of hydrogen-bond donors (Lipinski definition) is 6. The summed E-state index contributed by atoms with van der Waals surface area (Å²) in [6.07, 6.45) is 0. The van der Waals surface area contributed by atoms with Gasteiger partial charge in [-0.3, -0.25) is 9.59 Å². The minimum Gasteiger partial charge on any atom is -0.480 e. The lowest BCUT2D eigenvalue weighted by atomic mass is 10.2. The maximum Gasteiger partial charge on any atom is 0.328 e. The molecule has 0 aliphatic rings. The molecular weight excluding hydrogens is 250 g/mol. The normalized spacial score (nSPS) is 13.6. The Balaban J connectivity index is 4.43. The molecule has 0 radical (unpaired) electrons. The third kappa shape index (κ3) is 5.52. The van der Waals surface area contributed by atoms with Crippen LogP contribution in [0.4, 0.5) is 0 Å². The van der Waals surface area contributed by atoms with Crippen molar-refractivity contribution in [3.8, 4) is 0 Å². The van der Waals surface area contributed by atoms with Gasteiger partial charge in [0.2, 0.25) is 11.8 Å². The minimum absolute atomic E-state index is 0.0185. The van der Waals surface area contributed by atoms with Crippen molar-refractivity contribution in [1.29, 1.82) is 0 Å². The number of thiol groups is 1. The van der Waals surface area contributed by atoms with E-state index in [1.165, 1.54) is 0 Å². The van der Waals surface area contributed by atoms with Crippen molar-refractivity contribution in [2.45, 2.75) is 12.1 Å². The van der Waals surface area contributed by atoms with E-state index in [1.807, 2.05) is 0 Å². The van der Waals surface area contributed by atoms with Gasteiger partial charge >= 0.3 is 5.97 Å². The summed E-state index contributed by atoms with van der Waals surface area (Å²) < 4.78 is 0. The van der Waals surface area contributed by atoms with E-state index in [9.17, 15) is 14.4 Å². The number of amides is 2. The van der Waals surface area contributed by atoms with Gasteiger partial charge in [0.25, 0.3) is 0 Å². The Hall–Kier alpha value is -1.32. The highest BCUT2D eigenvalue weighted by Gasteiger charge is 2.24. The predicted molar refractivity (Wildman–Crippen MR) is 61.5 cm³/mol. The number of aliphatic hydroxyl groups excluding tert-OH is 1. The van der Waals surface area contributed by atoms with Crippen LogP contribution in [0, 0.1) is 0 Å². The van der Waals surface area contributed by atoms with Gasteiger partial charge in [0.1, 0.15) is 12.1 Å². The van der Waals surface area contributed by atoms with Crippen molar-refractivity contribution in [2.24, 2.45) is 5.73 Å². The number of hydrogen-bond acceptors (Lipinski definition) is 6. The third-order valence-electron chi connectivity index (χ3n) is 1.82. The molecule has 0 rings (SSSR count). The molecule has 2 atom stereocenters. The van der Waals surface area contributed by atoms with Crippen molar-refractivity contribution in [3.05, 3.63) is 0 Å². The van der Waals surface area contributed by atoms with Crippen molar-refractivity contribution in [3.63, 3.8) is 0 Å². The van der Waals surface area contributed by atoms with E-state index in [0.29, 0.717) is 0 Å². The molecule has 0 aromatic carbocycles. The van der Waals surface area contributed by atoms with Gasteiger partial charge < -0.3 is 26.6 Å². The maximum atomic E-state index is 11.5. The first-order chi connectivity index (χ1) is 7.96. The molecule has 17 heavy (non-hydrogen) atoms. The lowest BCUT2D eigenvalue weighted by molar-refractivity contribution is -0.143. The Bertz CT molecular complexity index is 299. The van der Waals surface area contributed by atoms with Crippen molar-refractivity contribution in [1.82, 2.24) is 10.6 Å². The Kier molecular flexibility index (Phi) is 7.26. The molecule has 0 aromatic heterocycles. The largest absolute Gasteiger partial charge is 0.480 e. The molecule has 6 N–H and O–H groups in total. The number of aliphatic hydroxyl groups is 1. The molecule has 9 heteroatoms. The van der Waals surface area contributed by atoms with Crippen LogP contribution in [-0.4, -0.2) is 59.0 Å². The number of rotatable bonds is 7. The molecule has 0 bridgehead atoms. The molecule has 98 valence electrons. The number of nitrogens with one attached hydrogen (secondary N) is 2. The van der Waals surface area contributed by atoms with E-state index in [2.05, 4.69) is 23.3 Å². The van der Waals surface area contributed by atoms with E-state index in [1.54, 1.807) is 0 Å². The second kappa shape index (κ2) is 7.87. The van der Waals surface area contributed by atoms with Gasteiger partial charge in [0.15, 0.2) is 0 Å². The van der Waals surface area contributed by atoms with E-state index in [-0.39, 0.29) is 12.3 Å². The predicted octanol–water partition coefficient (Wildman–Crippen LogP) is -3.08. The topological polar surface area (TPSA) is 142 Å². The standard InChI is InChI=1S/C8H15N3O5S/c9-1-6(13)10-5(3-17)7(14)11-4(2-12)8(15)16/h4-5,12,17H,1-3,9H2,(H,10,13)(H,11,14)(H,15,16)/t4-,5-/m0/s1. The Morgan fingerprint density at radius 2 is 1.82 bits per heavy atom. The van der Waals surface area contributed by atoms with Crippen LogP contribution < -0.4 is 16.4 Å². The lowest BCUT2D eigenvalue weighted by Gasteiger charge is -2.18. The first kappa shape index (κ1) is 15.7. The summed E-state index contributed by atoms with van der Waals surface area (Å²) in [6, 6.07) is -2.41. The number of aliphatic carboxylic acids is 1. The zero-order valence-electron chi connectivity index (χ0n) is 8.92. The Morgan fingerprint density at radius 1 is 1.24 bits per heavy atom. The third-order valence-corrected chi connectivity index (χ3v) is 2.18. The summed E-state index contributed by atoms with van der Waals surface area (Å²) in [6.45, 7) is -1.04. The van der Waals surface area contributed by atoms with Crippen molar-refractivity contribution >= 4 is 30.4 Å². The van der Waals surface area contributed by atoms with Gasteiger partial charge in [-0.1, -0.05) is 0 Å². The zero-order chi connectivity index (χ0) is 13.4. The molecule has 0 aromatic rings. The molecule has 0 unspecified atom stereocenters. The SMILES string of the molecule is NCC(=O)N[C@@H](CS)C(=O)N[C@@H](CO)C(=O)O. The molecule has 8 nitrogen and oxygen atoms in total. The highest BCUT2D eigenvalue weighted by molar-refractivity contribution is 7.80. The monoisotopic (exact) mass is 265 g/mol. The molecule has 2 amide bonds. The second-order valence-electron chi connectivity index (χ2n) is 3.09. The number of carbonyl (C=O) groups is 3. The summed E-state index contributed by atoms with van der Waals surface area (Å²) in [7, 11) is 0. The summed E-state index contributed by atoms with van der Waals surface area (Å²) >= 11 is 3.85. The summed E-state index contributed by atoms with van der Waals surface area (Å²) in [4.78, 5) is 33.0. The van der Waals surface area contributed by atoms with Gasteiger partial charge in [-0.25, -0.2) is 4.79 Å². The average Bonchev–Trinajstić information content (AvgIpc) is 2.31. The van der Waals surface area contributed by atoms with Crippen LogP contribution in [0.2, 0.25) is 0 Å². The fraction of sp³-hybridized carbons (Fsp3) is 0.625. The van der Waals surface area contributed by atoms with Crippen LogP contribution in [0.5, 0.6) is 0 Å². The lowest BCUT2D eigenvalue weighted by Crippen LogP contribution is -2.54. The summed E-state index contributed by atoms with van der Waals surface area (Å²) in [5, 5.41) is 21.6. The van der Waals surface area contributed by atoms with E-state index in [4.69, 9.17) is 15.9 Å². The highest BCUT2D eigenvalue weighted by atomic mass is 32.1. The van der Waals surface area contributed by atoms with Crippen LogP contribution in [0.15, 0.2) is 0 Å². The van der Waals surface area contributed by atoms with E-state index in [0.717, 1.165) is 0 Å². The molecule has 0 spiro atoms. The average molecular weight is 265 g/mol. The molecule has 0 heterocycles. The number of carbonyl (C=O) groups excluding carboxylic acids is 2. The molecule has 0 saturated carbocycles. The minimum atomic E-state index is -1.42. The van der Waals surface area contributed by atoms with Crippen LogP contribution in [0.3, 0.4) is 0 Å². The Labute approximate surface area is 103 Å². The molecular formula is C8H15N3O5S. The van der Waals surface area contributed by atoms with Gasteiger partial charge in [0.05, 0.1) is 13.2 Å². The Morgan fingerprint density at radius 3 is 2.18 bits per heavy atom. The summed E-state index contributed by atoms with van der Waals surface area (Å²) in [5.41, 5.74) is 5.05. The second-order valence-corrected chi connectivity index (χ2v) is 3.45.